The second-order valence-corrected chi connectivity index (χ2v) is 4.22. The molecule has 2 rings (SSSR count). The molecule has 1 aromatic carbocycles. The Morgan fingerprint density at radius 1 is 1.35 bits per heavy atom. The smallest absolute Gasteiger partial charge is 0.342 e. The predicted molar refractivity (Wildman–Crippen MR) is 72.6 cm³/mol. The lowest BCUT2D eigenvalue weighted by atomic mass is 10.2. The molecule has 0 atom stereocenters. The van der Waals surface area contributed by atoms with Gasteiger partial charge >= 0.3 is 11.7 Å². The van der Waals surface area contributed by atoms with E-state index in [2.05, 4.69) is 10.3 Å². The zero-order valence-electron chi connectivity index (χ0n) is 9.91. The van der Waals surface area contributed by atoms with E-state index in [0.717, 1.165) is 12.3 Å². The van der Waals surface area contributed by atoms with Crippen LogP contribution in [0.5, 0.6) is 0 Å². The van der Waals surface area contributed by atoms with E-state index in [0.29, 0.717) is 10.7 Å². The lowest BCUT2D eigenvalue weighted by Crippen LogP contribution is -2.05. The first-order valence-corrected chi connectivity index (χ1v) is 5.75. The lowest BCUT2D eigenvalue weighted by Gasteiger charge is -2.06. The number of nitrogens with zero attached hydrogens (tertiary/aromatic N) is 2. The van der Waals surface area contributed by atoms with Crippen molar-refractivity contribution in [3.05, 3.63) is 57.2 Å². The summed E-state index contributed by atoms with van der Waals surface area (Å²) in [6.07, 6.45) is 0.904. The number of aromatic carboxylic acids is 1. The van der Waals surface area contributed by atoms with Crippen molar-refractivity contribution in [2.24, 2.45) is 0 Å². The van der Waals surface area contributed by atoms with Crippen molar-refractivity contribution >= 4 is 34.8 Å². The molecule has 2 aromatic rings. The normalized spacial score (nSPS) is 10.1. The third-order valence-electron chi connectivity index (χ3n) is 2.43. The molecule has 0 fully saturated rings. The molecule has 1 heterocycles. The van der Waals surface area contributed by atoms with Crippen LogP contribution in [0.25, 0.3) is 0 Å². The maximum atomic E-state index is 11.0. The topological polar surface area (TPSA) is 105 Å². The number of nitrogens with one attached hydrogen (secondary N) is 1. The van der Waals surface area contributed by atoms with Crippen molar-refractivity contribution in [2.75, 3.05) is 5.32 Å². The second-order valence-electron chi connectivity index (χ2n) is 3.78. The number of pyridine rings is 1. The molecule has 2 N–H and O–H groups in total. The summed E-state index contributed by atoms with van der Waals surface area (Å²) in [7, 11) is 0. The molecule has 0 spiro atoms. The van der Waals surface area contributed by atoms with Crippen LogP contribution in [0.3, 0.4) is 0 Å². The Morgan fingerprint density at radius 3 is 2.55 bits per heavy atom. The van der Waals surface area contributed by atoms with E-state index in [1.807, 2.05) is 0 Å². The van der Waals surface area contributed by atoms with Gasteiger partial charge in [-0.05, 0) is 24.3 Å². The molecule has 0 saturated carbocycles. The number of hydrogen-bond donors (Lipinski definition) is 2. The standard InChI is InChI=1S/C12H8ClN3O4/c13-7-1-3-8(4-2-7)15-11-5-9(12(17)18)10(6-14-11)16(19)20/h1-6H,(H,14,15)(H,17,18). The van der Waals surface area contributed by atoms with Gasteiger partial charge in [0.15, 0.2) is 0 Å². The van der Waals surface area contributed by atoms with E-state index in [9.17, 15) is 14.9 Å². The Hall–Kier alpha value is -2.67. The van der Waals surface area contributed by atoms with Gasteiger partial charge in [-0.25, -0.2) is 9.78 Å². The van der Waals surface area contributed by atoms with Crippen molar-refractivity contribution in [2.45, 2.75) is 0 Å². The Morgan fingerprint density at radius 2 is 2.00 bits per heavy atom. The van der Waals surface area contributed by atoms with Gasteiger partial charge in [0.25, 0.3) is 0 Å². The number of benzene rings is 1. The molecule has 0 bridgehead atoms. The first-order valence-electron chi connectivity index (χ1n) is 5.37. The van der Waals surface area contributed by atoms with Gasteiger partial charge < -0.3 is 10.4 Å². The molecule has 102 valence electrons. The Bertz CT molecular complexity index is 673. The third kappa shape index (κ3) is 3.01. The van der Waals surface area contributed by atoms with Gasteiger partial charge in [0.1, 0.15) is 17.6 Å². The van der Waals surface area contributed by atoms with Crippen molar-refractivity contribution in [3.63, 3.8) is 0 Å². The third-order valence-corrected chi connectivity index (χ3v) is 2.68. The molecule has 0 amide bonds. The maximum absolute atomic E-state index is 11.0. The van der Waals surface area contributed by atoms with E-state index >= 15 is 0 Å². The van der Waals surface area contributed by atoms with Gasteiger partial charge in [-0.2, -0.15) is 0 Å². The molecular formula is C12H8ClN3O4. The van der Waals surface area contributed by atoms with Gasteiger partial charge in [0.2, 0.25) is 0 Å². The molecule has 8 heteroatoms. The molecule has 0 saturated heterocycles. The summed E-state index contributed by atoms with van der Waals surface area (Å²) < 4.78 is 0. The molecule has 0 radical (unpaired) electrons. The fourth-order valence-corrected chi connectivity index (χ4v) is 1.64. The van der Waals surface area contributed by atoms with Crippen LogP contribution >= 0.6 is 11.6 Å². The summed E-state index contributed by atoms with van der Waals surface area (Å²) in [6, 6.07) is 7.74. The zero-order valence-corrected chi connectivity index (χ0v) is 10.7. The predicted octanol–water partition coefficient (Wildman–Crippen LogP) is 3.09. The molecule has 20 heavy (non-hydrogen) atoms. The second kappa shape index (κ2) is 5.54. The summed E-state index contributed by atoms with van der Waals surface area (Å²) >= 11 is 5.74. The number of carboxylic acid groups (broad SMARTS) is 1. The average Bonchev–Trinajstić information content (AvgIpc) is 2.41. The minimum atomic E-state index is -1.39. The summed E-state index contributed by atoms with van der Waals surface area (Å²) in [4.78, 5) is 24.7. The van der Waals surface area contributed by atoms with Gasteiger partial charge in [-0.15, -0.1) is 0 Å². The highest BCUT2D eigenvalue weighted by molar-refractivity contribution is 6.30. The number of aromatic nitrogens is 1. The van der Waals surface area contributed by atoms with E-state index in [-0.39, 0.29) is 5.82 Å². The highest BCUT2D eigenvalue weighted by Crippen LogP contribution is 2.23. The van der Waals surface area contributed by atoms with Gasteiger partial charge in [-0.3, -0.25) is 10.1 Å². The first-order chi connectivity index (χ1) is 9.47. The minimum absolute atomic E-state index is 0.190. The molecule has 0 aliphatic carbocycles. The van der Waals surface area contributed by atoms with Crippen LogP contribution in [0.4, 0.5) is 17.2 Å². The fraction of sp³-hybridized carbons (Fsp3) is 0. The average molecular weight is 294 g/mol. The van der Waals surface area contributed by atoms with Crippen LogP contribution in [0, 0.1) is 10.1 Å². The van der Waals surface area contributed by atoms with Crippen LogP contribution in [-0.4, -0.2) is 21.0 Å². The summed E-state index contributed by atoms with van der Waals surface area (Å²) in [5.41, 5.74) is -0.354. The van der Waals surface area contributed by atoms with Gasteiger partial charge in [-0.1, -0.05) is 11.6 Å². The monoisotopic (exact) mass is 293 g/mol. The van der Waals surface area contributed by atoms with Crippen LogP contribution < -0.4 is 5.32 Å². The lowest BCUT2D eigenvalue weighted by molar-refractivity contribution is -0.385. The molecule has 0 unspecified atom stereocenters. The first kappa shape index (κ1) is 13.8. The number of hydrogen-bond acceptors (Lipinski definition) is 5. The number of nitro groups is 1. The van der Waals surface area contributed by atoms with Gasteiger partial charge in [0, 0.05) is 16.8 Å². The Labute approximate surface area is 118 Å². The van der Waals surface area contributed by atoms with Crippen molar-refractivity contribution in [1.82, 2.24) is 4.98 Å². The molecule has 0 aliphatic rings. The number of carbonyl (C=O) groups is 1. The van der Waals surface area contributed by atoms with Crippen LogP contribution in [0.2, 0.25) is 5.02 Å². The Kier molecular flexibility index (Phi) is 3.81. The van der Waals surface area contributed by atoms with Crippen LogP contribution in [0.1, 0.15) is 10.4 Å². The summed E-state index contributed by atoms with van der Waals surface area (Å²) in [5.74, 6) is -1.20. The SMILES string of the molecule is O=C(O)c1cc(Nc2ccc(Cl)cc2)ncc1[N+](=O)[O-]. The van der Waals surface area contributed by atoms with Crippen LogP contribution in [-0.2, 0) is 0 Å². The molecular weight excluding hydrogens is 286 g/mol. The maximum Gasteiger partial charge on any atom is 0.342 e. The number of rotatable bonds is 4. The van der Waals surface area contributed by atoms with Crippen molar-refractivity contribution < 1.29 is 14.8 Å². The van der Waals surface area contributed by atoms with Crippen molar-refractivity contribution in [1.29, 1.82) is 0 Å². The van der Waals surface area contributed by atoms with E-state index in [1.54, 1.807) is 24.3 Å². The zero-order chi connectivity index (χ0) is 14.7. The highest BCUT2D eigenvalue weighted by atomic mass is 35.5. The van der Waals surface area contributed by atoms with E-state index in [4.69, 9.17) is 16.7 Å². The highest BCUT2D eigenvalue weighted by Gasteiger charge is 2.21. The molecule has 0 aliphatic heterocycles. The van der Waals surface area contributed by atoms with Gasteiger partial charge in [0.05, 0.1) is 4.92 Å². The van der Waals surface area contributed by atoms with E-state index < -0.39 is 22.1 Å². The minimum Gasteiger partial charge on any atom is -0.477 e. The van der Waals surface area contributed by atoms with Crippen LogP contribution in [0.15, 0.2) is 36.5 Å². The number of anilines is 2. The molecule has 7 nitrogen and oxygen atoms in total. The van der Waals surface area contributed by atoms with E-state index in [1.165, 1.54) is 0 Å². The fourth-order valence-electron chi connectivity index (χ4n) is 1.51. The summed E-state index contributed by atoms with van der Waals surface area (Å²) in [5, 5.41) is 23.1. The summed E-state index contributed by atoms with van der Waals surface area (Å²) in [6.45, 7) is 0. The number of carboxylic acids is 1. The largest absolute Gasteiger partial charge is 0.477 e. The molecule has 1 aromatic heterocycles. The quantitative estimate of drug-likeness (QED) is 0.663. The van der Waals surface area contributed by atoms with Crippen molar-refractivity contribution in [3.8, 4) is 0 Å². The number of halogens is 1. The Balaban J connectivity index is 2.34.